The lowest BCUT2D eigenvalue weighted by molar-refractivity contribution is 0.0170. The monoisotopic (exact) mass is 321 g/mol. The SMILES string of the molecule is COC1CN(S(=O)(=O)N(C)CCCNC(C)C)CCC1C. The summed E-state index contributed by atoms with van der Waals surface area (Å²) in [7, 11) is -0.0616. The highest BCUT2D eigenvalue weighted by Crippen LogP contribution is 2.22. The predicted molar refractivity (Wildman–Crippen MR) is 85.5 cm³/mol. The zero-order valence-electron chi connectivity index (χ0n) is 14.0. The topological polar surface area (TPSA) is 61.9 Å². The average Bonchev–Trinajstić information content (AvgIpc) is 2.43. The smallest absolute Gasteiger partial charge is 0.281 e. The van der Waals surface area contributed by atoms with Gasteiger partial charge < -0.3 is 10.1 Å². The molecule has 2 unspecified atom stereocenters. The highest BCUT2D eigenvalue weighted by Gasteiger charge is 2.34. The molecule has 1 aliphatic heterocycles. The molecule has 1 fully saturated rings. The fourth-order valence-electron chi connectivity index (χ4n) is 2.53. The number of ether oxygens (including phenoxy) is 1. The number of nitrogens with zero attached hydrogens (tertiary/aromatic N) is 2. The first-order chi connectivity index (χ1) is 9.78. The van der Waals surface area contributed by atoms with Gasteiger partial charge in [0, 0.05) is 39.8 Å². The third-order valence-corrected chi connectivity index (χ3v) is 6.03. The fraction of sp³-hybridized carbons (Fsp3) is 1.00. The van der Waals surface area contributed by atoms with Gasteiger partial charge in [0.2, 0.25) is 0 Å². The molecule has 1 aliphatic rings. The number of methoxy groups -OCH3 is 1. The van der Waals surface area contributed by atoms with E-state index in [1.807, 2.05) is 0 Å². The molecule has 21 heavy (non-hydrogen) atoms. The number of nitrogens with one attached hydrogen (secondary N) is 1. The Kier molecular flexibility index (Phi) is 7.56. The van der Waals surface area contributed by atoms with Crippen molar-refractivity contribution in [2.24, 2.45) is 5.92 Å². The molecule has 1 rings (SSSR count). The maximum Gasteiger partial charge on any atom is 0.281 e. The van der Waals surface area contributed by atoms with Crippen LogP contribution in [-0.4, -0.2) is 69.5 Å². The first-order valence-electron chi connectivity index (χ1n) is 7.76. The van der Waals surface area contributed by atoms with E-state index in [0.717, 1.165) is 19.4 Å². The summed E-state index contributed by atoms with van der Waals surface area (Å²) in [6.07, 6.45) is 1.65. The van der Waals surface area contributed by atoms with Gasteiger partial charge in [-0.1, -0.05) is 20.8 Å². The minimum Gasteiger partial charge on any atom is -0.380 e. The molecule has 6 nitrogen and oxygen atoms in total. The Bertz CT molecular complexity index is 400. The minimum atomic E-state index is -3.37. The predicted octanol–water partition coefficient (Wildman–Crippen LogP) is 0.908. The molecule has 0 bridgehead atoms. The molecule has 0 spiro atoms. The summed E-state index contributed by atoms with van der Waals surface area (Å²) in [6, 6.07) is 0.429. The molecule has 0 aromatic rings. The van der Waals surface area contributed by atoms with Crippen molar-refractivity contribution in [3.63, 3.8) is 0 Å². The van der Waals surface area contributed by atoms with Crippen LogP contribution in [0.3, 0.4) is 0 Å². The molecule has 0 saturated carbocycles. The van der Waals surface area contributed by atoms with Crippen molar-refractivity contribution in [1.29, 1.82) is 0 Å². The highest BCUT2D eigenvalue weighted by molar-refractivity contribution is 7.86. The Morgan fingerprint density at radius 1 is 1.43 bits per heavy atom. The molecule has 1 saturated heterocycles. The molecule has 0 amide bonds. The van der Waals surface area contributed by atoms with Gasteiger partial charge in [-0.15, -0.1) is 0 Å². The van der Waals surface area contributed by atoms with Gasteiger partial charge >= 0.3 is 0 Å². The van der Waals surface area contributed by atoms with Crippen LogP contribution in [0.1, 0.15) is 33.6 Å². The van der Waals surface area contributed by atoms with E-state index in [2.05, 4.69) is 26.1 Å². The summed E-state index contributed by atoms with van der Waals surface area (Å²) in [5.74, 6) is 0.405. The van der Waals surface area contributed by atoms with E-state index in [0.29, 0.717) is 31.6 Å². The van der Waals surface area contributed by atoms with Gasteiger partial charge in [0.1, 0.15) is 0 Å². The van der Waals surface area contributed by atoms with Crippen LogP contribution >= 0.6 is 0 Å². The summed E-state index contributed by atoms with van der Waals surface area (Å²) in [5, 5.41) is 3.30. The van der Waals surface area contributed by atoms with Crippen molar-refractivity contribution >= 4 is 10.2 Å². The third-order valence-electron chi connectivity index (χ3n) is 4.08. The second-order valence-corrected chi connectivity index (χ2v) is 8.23. The van der Waals surface area contributed by atoms with Crippen molar-refractivity contribution in [3.8, 4) is 0 Å². The van der Waals surface area contributed by atoms with Gasteiger partial charge in [-0.25, -0.2) is 0 Å². The minimum absolute atomic E-state index is 0.00969. The van der Waals surface area contributed by atoms with E-state index in [1.54, 1.807) is 18.5 Å². The lowest BCUT2D eigenvalue weighted by Gasteiger charge is -2.37. The lowest BCUT2D eigenvalue weighted by Crippen LogP contribution is -2.51. The van der Waals surface area contributed by atoms with E-state index in [1.165, 1.54) is 4.31 Å². The molecule has 0 aliphatic carbocycles. The number of piperidine rings is 1. The molecule has 0 aromatic carbocycles. The lowest BCUT2D eigenvalue weighted by atomic mass is 9.97. The third kappa shape index (κ3) is 5.49. The molecule has 126 valence electrons. The molecular formula is C14H31N3O3S. The van der Waals surface area contributed by atoms with Crippen LogP contribution in [0.15, 0.2) is 0 Å². The zero-order chi connectivity index (χ0) is 16.0. The highest BCUT2D eigenvalue weighted by atomic mass is 32.2. The van der Waals surface area contributed by atoms with Gasteiger partial charge in [0.05, 0.1) is 6.10 Å². The Hall–Kier alpha value is -0.210. The Balaban J connectivity index is 2.51. The van der Waals surface area contributed by atoms with Crippen molar-refractivity contribution in [2.75, 3.05) is 40.3 Å². The van der Waals surface area contributed by atoms with Crippen LogP contribution in [0, 0.1) is 5.92 Å². The molecular weight excluding hydrogens is 290 g/mol. The van der Waals surface area contributed by atoms with Crippen molar-refractivity contribution < 1.29 is 13.2 Å². The Morgan fingerprint density at radius 3 is 2.67 bits per heavy atom. The maximum atomic E-state index is 12.6. The fourth-order valence-corrected chi connectivity index (χ4v) is 3.95. The molecule has 7 heteroatoms. The van der Waals surface area contributed by atoms with Gasteiger partial charge in [-0.3, -0.25) is 0 Å². The van der Waals surface area contributed by atoms with Crippen LogP contribution < -0.4 is 5.32 Å². The second-order valence-electron chi connectivity index (χ2n) is 6.19. The Morgan fingerprint density at radius 2 is 2.10 bits per heavy atom. The van der Waals surface area contributed by atoms with Gasteiger partial charge in [-0.2, -0.15) is 17.0 Å². The summed E-state index contributed by atoms with van der Waals surface area (Å²) >= 11 is 0. The van der Waals surface area contributed by atoms with Crippen LogP contribution in [0.4, 0.5) is 0 Å². The molecule has 1 heterocycles. The van der Waals surface area contributed by atoms with E-state index >= 15 is 0 Å². The van der Waals surface area contributed by atoms with Crippen molar-refractivity contribution in [3.05, 3.63) is 0 Å². The van der Waals surface area contributed by atoms with Crippen molar-refractivity contribution in [2.45, 2.75) is 45.8 Å². The number of hydrogen-bond donors (Lipinski definition) is 1. The first kappa shape index (κ1) is 18.8. The molecule has 0 aromatic heterocycles. The molecule has 2 atom stereocenters. The summed E-state index contributed by atoms with van der Waals surface area (Å²) in [5.41, 5.74) is 0. The number of hydrogen-bond acceptors (Lipinski definition) is 4. The van der Waals surface area contributed by atoms with Crippen LogP contribution in [0.2, 0.25) is 0 Å². The summed E-state index contributed by atoms with van der Waals surface area (Å²) < 4.78 is 33.5. The summed E-state index contributed by atoms with van der Waals surface area (Å²) in [6.45, 7) is 8.67. The maximum absolute atomic E-state index is 12.6. The van der Waals surface area contributed by atoms with Crippen LogP contribution in [0.5, 0.6) is 0 Å². The van der Waals surface area contributed by atoms with E-state index in [4.69, 9.17) is 4.74 Å². The van der Waals surface area contributed by atoms with Gasteiger partial charge in [0.15, 0.2) is 0 Å². The van der Waals surface area contributed by atoms with E-state index in [9.17, 15) is 8.42 Å². The van der Waals surface area contributed by atoms with Crippen LogP contribution in [-0.2, 0) is 14.9 Å². The molecule has 1 N–H and O–H groups in total. The van der Waals surface area contributed by atoms with E-state index in [-0.39, 0.29) is 6.10 Å². The Labute approximate surface area is 130 Å². The second kappa shape index (κ2) is 8.43. The normalized spacial score (nSPS) is 24.9. The zero-order valence-corrected chi connectivity index (χ0v) is 14.8. The van der Waals surface area contributed by atoms with Crippen molar-refractivity contribution in [1.82, 2.24) is 13.9 Å². The average molecular weight is 321 g/mol. The van der Waals surface area contributed by atoms with E-state index < -0.39 is 10.2 Å². The quantitative estimate of drug-likeness (QED) is 0.675. The van der Waals surface area contributed by atoms with Crippen LogP contribution in [0.25, 0.3) is 0 Å². The largest absolute Gasteiger partial charge is 0.380 e. The molecule has 0 radical (unpaired) electrons. The standard InChI is InChI=1S/C14H31N3O3S/c1-12(2)15-8-6-9-16(4)21(18,19)17-10-7-13(3)14(11-17)20-5/h12-15H,6-11H2,1-5H3. The first-order valence-corrected chi connectivity index (χ1v) is 9.16. The van der Waals surface area contributed by atoms with Gasteiger partial charge in [-0.05, 0) is 25.3 Å². The number of rotatable bonds is 8. The van der Waals surface area contributed by atoms with Gasteiger partial charge in [0.25, 0.3) is 10.2 Å². The summed E-state index contributed by atoms with van der Waals surface area (Å²) in [4.78, 5) is 0.